The molecule has 0 saturated carbocycles. The molecule has 160 valence electrons. The summed E-state index contributed by atoms with van der Waals surface area (Å²) in [7, 11) is 0. The summed E-state index contributed by atoms with van der Waals surface area (Å²) in [5.41, 5.74) is 4.17. The van der Waals surface area contributed by atoms with Crippen LogP contribution in [0.15, 0.2) is 47.5 Å². The van der Waals surface area contributed by atoms with Gasteiger partial charge in [-0.25, -0.2) is 0 Å². The fourth-order valence-corrected chi connectivity index (χ4v) is 5.31. The summed E-state index contributed by atoms with van der Waals surface area (Å²) in [6, 6.07) is 11.5. The van der Waals surface area contributed by atoms with E-state index in [1.54, 1.807) is 6.07 Å². The van der Waals surface area contributed by atoms with Crippen LogP contribution in [0.3, 0.4) is 0 Å². The van der Waals surface area contributed by atoms with Crippen LogP contribution < -0.4 is 0 Å². The van der Waals surface area contributed by atoms with Gasteiger partial charge in [-0.2, -0.15) is 0 Å². The number of nitrogens with zero attached hydrogens (tertiary/aromatic N) is 2. The first kappa shape index (κ1) is 22.0. The predicted molar refractivity (Wildman–Crippen MR) is 130 cm³/mol. The smallest absolute Gasteiger partial charge is 0.293 e. The first-order chi connectivity index (χ1) is 14.8. The number of hydrogen-bond acceptors (Lipinski definition) is 3. The second-order valence-corrected chi connectivity index (χ2v) is 9.60. The number of amides is 2. The number of rotatable bonds is 5. The van der Waals surface area contributed by atoms with Crippen molar-refractivity contribution in [3.63, 3.8) is 0 Å². The zero-order chi connectivity index (χ0) is 22.3. The van der Waals surface area contributed by atoms with Gasteiger partial charge in [-0.15, -0.1) is 0 Å². The van der Waals surface area contributed by atoms with E-state index in [9.17, 15) is 9.59 Å². The summed E-state index contributed by atoms with van der Waals surface area (Å²) >= 11 is 13.5. The Morgan fingerprint density at radius 3 is 2.52 bits per heavy atom. The molecule has 1 aliphatic rings. The Labute approximate surface area is 195 Å². The average Bonchev–Trinajstić information content (AvgIpc) is 3.21. The Hall–Kier alpha value is -2.21. The Balaban J connectivity index is 1.82. The molecule has 0 spiro atoms. The maximum atomic E-state index is 12.8. The van der Waals surface area contributed by atoms with Crippen LogP contribution in [0.25, 0.3) is 17.0 Å². The van der Waals surface area contributed by atoms with Crippen molar-refractivity contribution >= 4 is 63.1 Å². The summed E-state index contributed by atoms with van der Waals surface area (Å²) in [6.07, 6.45) is 4.73. The normalized spacial score (nSPS) is 15.8. The Morgan fingerprint density at radius 1 is 1.10 bits per heavy atom. The Kier molecular flexibility index (Phi) is 6.20. The van der Waals surface area contributed by atoms with E-state index in [0.29, 0.717) is 21.5 Å². The summed E-state index contributed by atoms with van der Waals surface area (Å²) in [6.45, 7) is 6.38. The molecule has 7 heteroatoms. The number of imide groups is 1. The standard InChI is InChI=1S/C24H22Cl2N2O2S/c1-4-15-6-5-7-19-17(10-21-23(29)28(14(2)3)24(30)31-21)13-27(22(15)19)12-16-8-9-18(25)11-20(16)26/h5-11,13-14H,4,12H2,1-3H3/b21-10-. The summed E-state index contributed by atoms with van der Waals surface area (Å²) in [5.74, 6) is -0.238. The minimum absolute atomic E-state index is 0.168. The highest BCUT2D eigenvalue weighted by Crippen LogP contribution is 2.36. The molecule has 0 N–H and O–H groups in total. The van der Waals surface area contributed by atoms with Gasteiger partial charge in [-0.3, -0.25) is 14.5 Å². The molecule has 4 rings (SSSR count). The van der Waals surface area contributed by atoms with E-state index in [-0.39, 0.29) is 17.2 Å². The van der Waals surface area contributed by atoms with Crippen LogP contribution in [0, 0.1) is 0 Å². The van der Waals surface area contributed by atoms with Crippen molar-refractivity contribution in [2.45, 2.75) is 39.8 Å². The SMILES string of the molecule is CCc1cccc2c(/C=C3\SC(=O)N(C(C)C)C3=O)cn(Cc3ccc(Cl)cc3Cl)c12. The van der Waals surface area contributed by atoms with Crippen LogP contribution in [0.2, 0.25) is 10.0 Å². The first-order valence-corrected chi connectivity index (χ1v) is 11.7. The highest BCUT2D eigenvalue weighted by Gasteiger charge is 2.36. The molecule has 4 nitrogen and oxygen atoms in total. The minimum Gasteiger partial charge on any atom is -0.342 e. The lowest BCUT2D eigenvalue weighted by Gasteiger charge is -2.16. The van der Waals surface area contributed by atoms with Gasteiger partial charge in [0.1, 0.15) is 0 Å². The molecule has 1 aromatic heterocycles. The highest BCUT2D eigenvalue weighted by molar-refractivity contribution is 8.18. The van der Waals surface area contributed by atoms with Crippen LogP contribution in [-0.2, 0) is 17.8 Å². The third kappa shape index (κ3) is 4.14. The van der Waals surface area contributed by atoms with Crippen molar-refractivity contribution in [3.05, 3.63) is 74.2 Å². The lowest BCUT2D eigenvalue weighted by molar-refractivity contribution is -0.123. The molecule has 2 aromatic carbocycles. The van der Waals surface area contributed by atoms with Crippen LogP contribution >= 0.6 is 35.0 Å². The predicted octanol–water partition coefficient (Wildman–Crippen LogP) is 7.00. The number of para-hydroxylation sites is 1. The van der Waals surface area contributed by atoms with E-state index in [2.05, 4.69) is 17.6 Å². The Bertz CT molecular complexity index is 1230. The van der Waals surface area contributed by atoms with Gasteiger partial charge in [-0.05, 0) is 61.4 Å². The third-order valence-corrected chi connectivity index (χ3v) is 6.85. The van der Waals surface area contributed by atoms with Crippen LogP contribution in [0.5, 0.6) is 0 Å². The Morgan fingerprint density at radius 2 is 1.87 bits per heavy atom. The van der Waals surface area contributed by atoms with Crippen molar-refractivity contribution < 1.29 is 9.59 Å². The molecule has 1 fully saturated rings. The number of halogens is 2. The van der Waals surface area contributed by atoms with E-state index in [1.807, 2.05) is 50.4 Å². The number of carbonyl (C=O) groups excluding carboxylic acids is 2. The number of benzene rings is 2. The largest absolute Gasteiger partial charge is 0.342 e. The fraction of sp³-hybridized carbons (Fsp3) is 0.250. The molecule has 0 unspecified atom stereocenters. The van der Waals surface area contributed by atoms with Gasteiger partial charge >= 0.3 is 0 Å². The van der Waals surface area contributed by atoms with E-state index in [0.717, 1.165) is 40.2 Å². The second-order valence-electron chi connectivity index (χ2n) is 7.76. The lowest BCUT2D eigenvalue weighted by atomic mass is 10.1. The quantitative estimate of drug-likeness (QED) is 0.375. The average molecular weight is 473 g/mol. The molecule has 0 atom stereocenters. The third-order valence-electron chi connectivity index (χ3n) is 5.38. The van der Waals surface area contributed by atoms with Crippen molar-refractivity contribution in [1.29, 1.82) is 0 Å². The van der Waals surface area contributed by atoms with Crippen molar-refractivity contribution in [2.75, 3.05) is 0 Å². The van der Waals surface area contributed by atoms with Gasteiger partial charge in [0.25, 0.3) is 11.1 Å². The molecule has 0 aliphatic carbocycles. The van der Waals surface area contributed by atoms with Crippen molar-refractivity contribution in [1.82, 2.24) is 9.47 Å². The van der Waals surface area contributed by atoms with E-state index in [4.69, 9.17) is 23.2 Å². The summed E-state index contributed by atoms with van der Waals surface area (Å²) < 4.78 is 2.15. The fourth-order valence-electron chi connectivity index (χ4n) is 3.89. The summed E-state index contributed by atoms with van der Waals surface area (Å²) in [4.78, 5) is 26.8. The monoisotopic (exact) mass is 472 g/mol. The maximum absolute atomic E-state index is 12.8. The van der Waals surface area contributed by atoms with Gasteiger partial charge < -0.3 is 4.57 Å². The first-order valence-electron chi connectivity index (χ1n) is 10.1. The van der Waals surface area contributed by atoms with Crippen molar-refractivity contribution in [2.24, 2.45) is 0 Å². The molecule has 2 heterocycles. The van der Waals surface area contributed by atoms with Gasteiger partial charge in [0.05, 0.1) is 10.4 Å². The molecular formula is C24H22Cl2N2O2S. The molecule has 0 bridgehead atoms. The second kappa shape index (κ2) is 8.73. The van der Waals surface area contributed by atoms with Gasteiger partial charge in [0, 0.05) is 39.8 Å². The molecular weight excluding hydrogens is 451 g/mol. The van der Waals surface area contributed by atoms with Crippen LogP contribution in [0.1, 0.15) is 37.5 Å². The maximum Gasteiger partial charge on any atom is 0.293 e. The number of aromatic nitrogens is 1. The zero-order valence-corrected chi connectivity index (χ0v) is 19.8. The number of thioether (sulfide) groups is 1. The highest BCUT2D eigenvalue weighted by atomic mass is 35.5. The number of hydrogen-bond donors (Lipinski definition) is 0. The van der Waals surface area contributed by atoms with E-state index in [1.165, 1.54) is 10.5 Å². The van der Waals surface area contributed by atoms with Crippen molar-refractivity contribution in [3.8, 4) is 0 Å². The van der Waals surface area contributed by atoms with Gasteiger partial charge in [0.2, 0.25) is 0 Å². The number of carbonyl (C=O) groups is 2. The summed E-state index contributed by atoms with van der Waals surface area (Å²) in [5, 5.41) is 2.03. The molecule has 1 saturated heterocycles. The lowest BCUT2D eigenvalue weighted by Crippen LogP contribution is -2.34. The van der Waals surface area contributed by atoms with E-state index >= 15 is 0 Å². The van der Waals surface area contributed by atoms with Crippen LogP contribution in [-0.4, -0.2) is 26.7 Å². The molecule has 31 heavy (non-hydrogen) atoms. The zero-order valence-electron chi connectivity index (χ0n) is 17.5. The van der Waals surface area contributed by atoms with Gasteiger partial charge in [-0.1, -0.05) is 54.4 Å². The van der Waals surface area contributed by atoms with E-state index < -0.39 is 0 Å². The topological polar surface area (TPSA) is 42.3 Å². The molecule has 2 amide bonds. The molecule has 3 aromatic rings. The van der Waals surface area contributed by atoms with Crippen LogP contribution in [0.4, 0.5) is 4.79 Å². The number of aryl methyl sites for hydroxylation is 1. The minimum atomic E-state index is -0.238. The molecule has 1 aliphatic heterocycles. The molecule has 0 radical (unpaired) electrons. The number of fused-ring (bicyclic) bond motifs is 1. The van der Waals surface area contributed by atoms with Gasteiger partial charge in [0.15, 0.2) is 0 Å².